The highest BCUT2D eigenvalue weighted by molar-refractivity contribution is 7.89. The Morgan fingerprint density at radius 3 is 2.61 bits per heavy atom. The summed E-state index contributed by atoms with van der Waals surface area (Å²) in [6.07, 6.45) is 3.04. The number of anilines is 1. The summed E-state index contributed by atoms with van der Waals surface area (Å²) in [6, 6.07) is 3.52. The molecule has 6 heteroatoms. The molecule has 0 aromatic heterocycles. The lowest BCUT2D eigenvalue weighted by molar-refractivity contribution is 0.475. The molecule has 4 nitrogen and oxygen atoms in total. The van der Waals surface area contributed by atoms with Gasteiger partial charge in [-0.25, -0.2) is 17.5 Å². The highest BCUT2D eigenvalue weighted by Crippen LogP contribution is 2.48. The summed E-state index contributed by atoms with van der Waals surface area (Å²) in [7, 11) is -3.65. The van der Waals surface area contributed by atoms with Crippen molar-refractivity contribution in [1.82, 2.24) is 4.72 Å². The molecule has 0 atom stereocenters. The van der Waals surface area contributed by atoms with Gasteiger partial charge >= 0.3 is 0 Å². The molecule has 2 rings (SSSR count). The van der Waals surface area contributed by atoms with Crippen molar-refractivity contribution in [1.29, 1.82) is 0 Å². The van der Waals surface area contributed by atoms with Crippen molar-refractivity contribution in [2.24, 2.45) is 5.41 Å². The molecule has 0 amide bonds. The quantitative estimate of drug-likeness (QED) is 0.804. The Balaban J connectivity index is 2.13. The molecule has 1 aromatic carbocycles. The van der Waals surface area contributed by atoms with Crippen LogP contribution < -0.4 is 10.5 Å². The third-order valence-electron chi connectivity index (χ3n) is 3.63. The van der Waals surface area contributed by atoms with Gasteiger partial charge in [0.15, 0.2) is 0 Å². The Bertz CT molecular complexity index is 553. The Hall–Kier alpha value is -1.14. The summed E-state index contributed by atoms with van der Waals surface area (Å²) in [4.78, 5) is -0.0823. The van der Waals surface area contributed by atoms with E-state index in [0.29, 0.717) is 6.54 Å². The molecule has 0 bridgehead atoms. The van der Waals surface area contributed by atoms with E-state index in [1.54, 1.807) is 0 Å². The van der Waals surface area contributed by atoms with Crippen LogP contribution in [0.2, 0.25) is 0 Å². The number of nitrogens with two attached hydrogens (primary N) is 1. The number of hydrogen-bond donors (Lipinski definition) is 2. The second-order valence-corrected chi connectivity index (χ2v) is 6.63. The SMILES string of the molecule is CCC1(CNS(=O)(=O)c2ccc(N)c(F)c2)CC1. The minimum atomic E-state index is -3.65. The summed E-state index contributed by atoms with van der Waals surface area (Å²) in [6.45, 7) is 2.46. The zero-order valence-electron chi connectivity index (χ0n) is 10.2. The molecular formula is C12H17FN2O2S. The minimum absolute atomic E-state index is 0.0545. The van der Waals surface area contributed by atoms with Crippen molar-refractivity contribution < 1.29 is 12.8 Å². The number of nitrogen functional groups attached to an aromatic ring is 1. The molecule has 0 radical (unpaired) electrons. The van der Waals surface area contributed by atoms with E-state index >= 15 is 0 Å². The Morgan fingerprint density at radius 2 is 2.11 bits per heavy atom. The fraction of sp³-hybridized carbons (Fsp3) is 0.500. The first-order valence-electron chi connectivity index (χ1n) is 5.93. The maximum atomic E-state index is 13.2. The van der Waals surface area contributed by atoms with Gasteiger partial charge in [-0.15, -0.1) is 0 Å². The van der Waals surface area contributed by atoms with Gasteiger partial charge in [0.2, 0.25) is 10.0 Å². The molecule has 1 aromatic rings. The normalized spacial score (nSPS) is 17.7. The molecule has 1 aliphatic rings. The lowest BCUT2D eigenvalue weighted by atomic mass is 10.1. The van der Waals surface area contributed by atoms with Gasteiger partial charge in [-0.1, -0.05) is 6.92 Å². The fourth-order valence-electron chi connectivity index (χ4n) is 1.84. The van der Waals surface area contributed by atoms with E-state index in [9.17, 15) is 12.8 Å². The van der Waals surface area contributed by atoms with E-state index in [2.05, 4.69) is 4.72 Å². The van der Waals surface area contributed by atoms with Crippen LogP contribution in [0.5, 0.6) is 0 Å². The van der Waals surface area contributed by atoms with Crippen LogP contribution in [-0.4, -0.2) is 15.0 Å². The number of nitrogens with one attached hydrogen (secondary N) is 1. The highest BCUT2D eigenvalue weighted by Gasteiger charge is 2.41. The van der Waals surface area contributed by atoms with Gasteiger partial charge in [-0.05, 0) is 42.9 Å². The standard InChI is InChI=1S/C12H17FN2O2S/c1-2-12(5-6-12)8-15-18(16,17)9-3-4-11(14)10(13)7-9/h3-4,7,15H,2,5-6,8,14H2,1H3. The smallest absolute Gasteiger partial charge is 0.240 e. The molecule has 3 N–H and O–H groups in total. The average molecular weight is 272 g/mol. The van der Waals surface area contributed by atoms with E-state index in [0.717, 1.165) is 25.3 Å². The molecule has 0 aliphatic heterocycles. The molecule has 0 saturated heterocycles. The zero-order valence-corrected chi connectivity index (χ0v) is 11.1. The predicted octanol–water partition coefficient (Wildman–Crippen LogP) is 1.88. The van der Waals surface area contributed by atoms with Gasteiger partial charge in [0, 0.05) is 6.54 Å². The van der Waals surface area contributed by atoms with E-state index in [1.807, 2.05) is 6.92 Å². The van der Waals surface area contributed by atoms with Crippen LogP contribution in [0, 0.1) is 11.2 Å². The first-order chi connectivity index (χ1) is 8.38. The Kier molecular flexibility index (Phi) is 3.33. The van der Waals surface area contributed by atoms with Crippen LogP contribution in [0.4, 0.5) is 10.1 Å². The van der Waals surface area contributed by atoms with Crippen LogP contribution in [0.1, 0.15) is 26.2 Å². The summed E-state index contributed by atoms with van der Waals surface area (Å²) in [5.74, 6) is -0.713. The van der Waals surface area contributed by atoms with Crippen molar-refractivity contribution in [3.05, 3.63) is 24.0 Å². The summed E-state index contributed by atoms with van der Waals surface area (Å²) >= 11 is 0. The summed E-state index contributed by atoms with van der Waals surface area (Å²) in [5, 5.41) is 0. The number of rotatable bonds is 5. The molecule has 0 heterocycles. The molecule has 18 heavy (non-hydrogen) atoms. The molecule has 1 saturated carbocycles. The van der Waals surface area contributed by atoms with Crippen LogP contribution >= 0.6 is 0 Å². The van der Waals surface area contributed by atoms with E-state index < -0.39 is 15.8 Å². The van der Waals surface area contributed by atoms with Crippen molar-refractivity contribution in [2.75, 3.05) is 12.3 Å². The van der Waals surface area contributed by atoms with Gasteiger partial charge in [-0.2, -0.15) is 0 Å². The van der Waals surface area contributed by atoms with E-state index in [-0.39, 0.29) is 16.0 Å². The highest BCUT2D eigenvalue weighted by atomic mass is 32.2. The lowest BCUT2D eigenvalue weighted by Gasteiger charge is -2.14. The number of sulfonamides is 1. The monoisotopic (exact) mass is 272 g/mol. The van der Waals surface area contributed by atoms with Crippen molar-refractivity contribution in [3.63, 3.8) is 0 Å². The van der Waals surface area contributed by atoms with Crippen LogP contribution in [0.15, 0.2) is 23.1 Å². The third kappa shape index (κ3) is 2.64. The maximum absolute atomic E-state index is 13.2. The minimum Gasteiger partial charge on any atom is -0.396 e. The number of hydrogen-bond acceptors (Lipinski definition) is 3. The van der Waals surface area contributed by atoms with Gasteiger partial charge in [-0.3, -0.25) is 0 Å². The fourth-order valence-corrected chi connectivity index (χ4v) is 3.01. The van der Waals surface area contributed by atoms with Crippen molar-refractivity contribution in [2.45, 2.75) is 31.1 Å². The van der Waals surface area contributed by atoms with Crippen molar-refractivity contribution in [3.8, 4) is 0 Å². The Labute approximate surface area is 106 Å². The third-order valence-corrected chi connectivity index (χ3v) is 5.03. The second-order valence-electron chi connectivity index (χ2n) is 4.86. The lowest BCUT2D eigenvalue weighted by Crippen LogP contribution is -2.30. The van der Waals surface area contributed by atoms with Gasteiger partial charge in [0.25, 0.3) is 0 Å². The summed E-state index contributed by atoms with van der Waals surface area (Å²) in [5.41, 5.74) is 5.37. The van der Waals surface area contributed by atoms with Crippen LogP contribution in [0.3, 0.4) is 0 Å². The second kappa shape index (κ2) is 4.51. The maximum Gasteiger partial charge on any atom is 0.240 e. The van der Waals surface area contributed by atoms with Crippen molar-refractivity contribution >= 4 is 15.7 Å². The molecule has 1 aliphatic carbocycles. The topological polar surface area (TPSA) is 72.2 Å². The largest absolute Gasteiger partial charge is 0.396 e. The molecule has 0 unspecified atom stereocenters. The first-order valence-corrected chi connectivity index (χ1v) is 7.42. The van der Waals surface area contributed by atoms with Gasteiger partial charge < -0.3 is 5.73 Å². The molecule has 1 fully saturated rings. The van der Waals surface area contributed by atoms with Gasteiger partial charge in [0.05, 0.1) is 10.6 Å². The van der Waals surface area contributed by atoms with E-state index in [4.69, 9.17) is 5.73 Å². The molecule has 100 valence electrons. The predicted molar refractivity (Wildman–Crippen MR) is 68.0 cm³/mol. The summed E-state index contributed by atoms with van der Waals surface area (Å²) < 4.78 is 39.7. The van der Waals surface area contributed by atoms with E-state index in [1.165, 1.54) is 12.1 Å². The Morgan fingerprint density at radius 1 is 1.44 bits per heavy atom. The molecule has 0 spiro atoms. The van der Waals surface area contributed by atoms with Crippen LogP contribution in [-0.2, 0) is 10.0 Å². The molecular weight excluding hydrogens is 255 g/mol. The zero-order chi connectivity index (χ0) is 13.4. The first kappa shape index (κ1) is 13.3. The average Bonchev–Trinajstić information content (AvgIpc) is 3.11. The number of benzene rings is 1. The van der Waals surface area contributed by atoms with Gasteiger partial charge in [0.1, 0.15) is 5.82 Å². The number of halogens is 1. The van der Waals surface area contributed by atoms with Crippen LogP contribution in [0.25, 0.3) is 0 Å².